The zero-order chi connectivity index (χ0) is 39.3. The van der Waals surface area contributed by atoms with Gasteiger partial charge in [0.1, 0.15) is 0 Å². The van der Waals surface area contributed by atoms with Crippen molar-refractivity contribution >= 4 is 52.1 Å². The van der Waals surface area contributed by atoms with Gasteiger partial charge < -0.3 is 29.2 Å². The van der Waals surface area contributed by atoms with Crippen LogP contribution in [0.1, 0.15) is 59.2 Å². The smallest absolute Gasteiger partial charge is 0.337 e. The van der Waals surface area contributed by atoms with Crippen molar-refractivity contribution in [1.82, 2.24) is 10.3 Å². The van der Waals surface area contributed by atoms with Crippen molar-refractivity contribution in [2.24, 2.45) is 9.98 Å². The molecule has 1 aromatic heterocycles. The van der Waals surface area contributed by atoms with Crippen LogP contribution in [0.25, 0.3) is 16.7 Å². The van der Waals surface area contributed by atoms with E-state index in [9.17, 15) is 19.2 Å². The summed E-state index contributed by atoms with van der Waals surface area (Å²) < 4.78 is 20.1. The number of carbonyl (C=O) groups is 4. The SMILES string of the molecule is COC(=O)c1ccc(/C(C2=N/C(=C(/c3ccc(C(=O)OC)cc3)c3ccc(/C(=C4/C=CC(OC)=N4)c4ccc(C(=O)OC)cc4)[nH]3)C=C2)=C2\C=CC(=O)N2)cc1. The number of hydrogen-bond acceptors (Lipinski definition) is 10. The first-order chi connectivity index (χ1) is 27.2. The first-order valence-electron chi connectivity index (χ1n) is 17.3. The van der Waals surface area contributed by atoms with Crippen molar-refractivity contribution in [1.29, 1.82) is 0 Å². The zero-order valence-electron chi connectivity index (χ0n) is 30.7. The molecule has 0 fully saturated rings. The molecule has 7 rings (SSSR count). The van der Waals surface area contributed by atoms with Gasteiger partial charge in [0.2, 0.25) is 11.8 Å². The van der Waals surface area contributed by atoms with Crippen LogP contribution in [-0.2, 0) is 23.7 Å². The highest BCUT2D eigenvalue weighted by Crippen LogP contribution is 2.36. The van der Waals surface area contributed by atoms with E-state index in [1.165, 1.54) is 27.4 Å². The Labute approximate surface area is 321 Å². The number of aromatic nitrogens is 1. The fraction of sp³-hybridized carbons (Fsp3) is 0.0909. The van der Waals surface area contributed by atoms with Gasteiger partial charge in [-0.25, -0.2) is 24.4 Å². The second-order valence-corrected chi connectivity index (χ2v) is 12.4. The number of allylic oxidation sites excluding steroid dienone is 5. The summed E-state index contributed by atoms with van der Waals surface area (Å²) in [6.45, 7) is 0. The molecule has 0 radical (unpaired) electrons. The third kappa shape index (κ3) is 7.31. The average molecular weight is 747 g/mol. The van der Waals surface area contributed by atoms with Crippen LogP contribution in [0.15, 0.2) is 148 Å². The lowest BCUT2D eigenvalue weighted by molar-refractivity contribution is -0.115. The normalized spacial score (nSPS) is 16.9. The summed E-state index contributed by atoms with van der Waals surface area (Å²) in [5.74, 6) is -1.21. The number of rotatable bonds is 9. The molecule has 0 unspecified atom stereocenters. The number of H-pyrrole nitrogens is 1. The Balaban J connectivity index is 1.38. The summed E-state index contributed by atoms with van der Waals surface area (Å²) in [4.78, 5) is 62.5. The van der Waals surface area contributed by atoms with Crippen molar-refractivity contribution in [2.45, 2.75) is 0 Å². The van der Waals surface area contributed by atoms with Gasteiger partial charge in [0.15, 0.2) is 0 Å². The maximum Gasteiger partial charge on any atom is 0.337 e. The van der Waals surface area contributed by atoms with Crippen LogP contribution < -0.4 is 5.32 Å². The number of esters is 3. The molecule has 0 spiro atoms. The lowest BCUT2D eigenvalue weighted by Crippen LogP contribution is -2.16. The van der Waals surface area contributed by atoms with Gasteiger partial charge in [-0.15, -0.1) is 0 Å². The Kier molecular flexibility index (Phi) is 10.4. The Bertz CT molecular complexity index is 2530. The van der Waals surface area contributed by atoms with E-state index >= 15 is 0 Å². The Morgan fingerprint density at radius 1 is 0.482 bits per heavy atom. The fourth-order valence-corrected chi connectivity index (χ4v) is 6.44. The molecular weight excluding hydrogens is 713 g/mol. The van der Waals surface area contributed by atoms with Crippen LogP contribution in [0.3, 0.4) is 0 Å². The van der Waals surface area contributed by atoms with Gasteiger partial charge in [-0.1, -0.05) is 36.4 Å². The van der Waals surface area contributed by atoms with E-state index in [2.05, 4.69) is 15.3 Å². The van der Waals surface area contributed by atoms with Gasteiger partial charge in [-0.05, 0) is 89.5 Å². The lowest BCUT2D eigenvalue weighted by atomic mass is 9.97. The molecule has 56 heavy (non-hydrogen) atoms. The molecular formula is C44H34N4O8. The van der Waals surface area contributed by atoms with E-state index in [1.807, 2.05) is 54.6 Å². The predicted molar refractivity (Wildman–Crippen MR) is 211 cm³/mol. The average Bonchev–Trinajstić information content (AvgIpc) is 4.08. The van der Waals surface area contributed by atoms with Crippen LogP contribution in [-0.4, -0.2) is 68.8 Å². The summed E-state index contributed by atoms with van der Waals surface area (Å²) in [5, 5.41) is 2.89. The molecule has 0 saturated carbocycles. The molecule has 0 bridgehead atoms. The molecule has 278 valence electrons. The Morgan fingerprint density at radius 2 is 0.911 bits per heavy atom. The van der Waals surface area contributed by atoms with Crippen molar-refractivity contribution in [2.75, 3.05) is 28.4 Å². The van der Waals surface area contributed by atoms with Crippen molar-refractivity contribution in [3.8, 4) is 0 Å². The number of nitrogens with zero attached hydrogens (tertiary/aromatic N) is 2. The van der Waals surface area contributed by atoms with E-state index in [-0.39, 0.29) is 5.91 Å². The summed E-state index contributed by atoms with van der Waals surface area (Å²) in [5.41, 5.74) is 9.27. The number of hydrogen-bond donors (Lipinski definition) is 2. The fourth-order valence-electron chi connectivity index (χ4n) is 6.44. The van der Waals surface area contributed by atoms with Crippen molar-refractivity contribution in [3.63, 3.8) is 0 Å². The van der Waals surface area contributed by atoms with Crippen molar-refractivity contribution in [3.05, 3.63) is 183 Å². The highest BCUT2D eigenvalue weighted by atomic mass is 16.5. The van der Waals surface area contributed by atoms with Gasteiger partial charge in [-0.3, -0.25) is 4.79 Å². The maximum absolute atomic E-state index is 12.4. The minimum atomic E-state index is -0.469. The topological polar surface area (TPSA) is 158 Å². The molecule has 3 aromatic carbocycles. The third-order valence-electron chi connectivity index (χ3n) is 9.17. The standard InChI is InChI=1S/C44H34N4O8/c1-53-38-24-22-36(48-38)41(27-9-15-30(16-10-27)44(52)56-4)34-20-18-32(46-34)39(25-5-11-28(12-6-25)42(50)54-2)31-17-19-33(45-31)40(35-21-23-37(49)47-35)26-7-13-29(14-8-26)43(51)55-3/h5-24,46H,1-4H3,(H,47,49)/b39-31-,40-35-,41-36-. The summed E-state index contributed by atoms with van der Waals surface area (Å²) in [6.07, 6.45) is 10.5. The summed E-state index contributed by atoms with van der Waals surface area (Å²) in [6, 6.07) is 24.8. The Morgan fingerprint density at radius 3 is 1.32 bits per heavy atom. The van der Waals surface area contributed by atoms with E-state index in [0.29, 0.717) is 73.5 Å². The van der Waals surface area contributed by atoms with Crippen LogP contribution in [0.2, 0.25) is 0 Å². The van der Waals surface area contributed by atoms with E-state index in [1.54, 1.807) is 67.8 Å². The first-order valence-corrected chi connectivity index (χ1v) is 17.3. The number of aromatic amines is 1. The van der Waals surface area contributed by atoms with E-state index < -0.39 is 17.9 Å². The lowest BCUT2D eigenvalue weighted by Gasteiger charge is -2.13. The maximum atomic E-state index is 12.4. The Hall–Kier alpha value is -7.60. The quantitative estimate of drug-likeness (QED) is 0.143. The first kappa shape index (κ1) is 36.7. The molecule has 0 atom stereocenters. The number of methoxy groups -OCH3 is 4. The second kappa shape index (κ2) is 15.8. The molecule has 3 aliphatic rings. The van der Waals surface area contributed by atoms with Crippen LogP contribution in [0.5, 0.6) is 0 Å². The molecule has 0 aliphatic carbocycles. The monoisotopic (exact) mass is 746 g/mol. The number of benzene rings is 3. The van der Waals surface area contributed by atoms with Crippen LogP contribution in [0.4, 0.5) is 0 Å². The summed E-state index contributed by atoms with van der Waals surface area (Å²) >= 11 is 0. The number of ether oxygens (including phenoxy) is 4. The highest BCUT2D eigenvalue weighted by molar-refractivity contribution is 6.32. The van der Waals surface area contributed by atoms with Gasteiger partial charge >= 0.3 is 17.9 Å². The predicted octanol–water partition coefficient (Wildman–Crippen LogP) is 6.62. The molecule has 4 aromatic rings. The van der Waals surface area contributed by atoms with Gasteiger partial charge in [0.05, 0.1) is 67.9 Å². The largest absolute Gasteiger partial charge is 0.481 e. The van der Waals surface area contributed by atoms with E-state index in [4.69, 9.17) is 23.9 Å². The molecule has 12 nitrogen and oxygen atoms in total. The number of carbonyl (C=O) groups excluding carboxylic acids is 4. The zero-order valence-corrected chi connectivity index (χ0v) is 30.7. The minimum absolute atomic E-state index is 0.267. The van der Waals surface area contributed by atoms with Crippen molar-refractivity contribution < 1.29 is 38.1 Å². The molecule has 0 saturated heterocycles. The molecule has 2 N–H and O–H groups in total. The minimum Gasteiger partial charge on any atom is -0.481 e. The van der Waals surface area contributed by atoms with Gasteiger partial charge in [0, 0.05) is 40.3 Å². The molecule has 3 aliphatic heterocycles. The van der Waals surface area contributed by atoms with Crippen LogP contribution in [0, 0.1) is 0 Å². The third-order valence-corrected chi connectivity index (χ3v) is 9.17. The number of aliphatic imine (C=N–C) groups is 2. The molecule has 1 amide bonds. The van der Waals surface area contributed by atoms with E-state index in [0.717, 1.165) is 16.7 Å². The van der Waals surface area contributed by atoms with Gasteiger partial charge in [-0.2, -0.15) is 0 Å². The molecule has 4 heterocycles. The van der Waals surface area contributed by atoms with Crippen LogP contribution >= 0.6 is 0 Å². The van der Waals surface area contributed by atoms with Gasteiger partial charge in [0.25, 0.3) is 0 Å². The summed E-state index contributed by atoms with van der Waals surface area (Å²) in [7, 11) is 5.53. The highest BCUT2D eigenvalue weighted by Gasteiger charge is 2.24. The number of amides is 1. The molecule has 12 heteroatoms. The number of nitrogens with one attached hydrogen (secondary N) is 2. The second-order valence-electron chi connectivity index (χ2n) is 12.4.